The highest BCUT2D eigenvalue weighted by molar-refractivity contribution is 5.80. The highest BCUT2D eigenvalue weighted by Crippen LogP contribution is 2.19. The van der Waals surface area contributed by atoms with Gasteiger partial charge in [0, 0.05) is 36.9 Å². The van der Waals surface area contributed by atoms with E-state index in [0.29, 0.717) is 23.1 Å². The molecule has 0 radical (unpaired) electrons. The summed E-state index contributed by atoms with van der Waals surface area (Å²) >= 11 is 0. The minimum absolute atomic E-state index is 0.194. The molecule has 2 aromatic carbocycles. The average molecular weight is 379 g/mol. The van der Waals surface area contributed by atoms with Gasteiger partial charge in [0.05, 0.1) is 18.2 Å². The zero-order chi connectivity index (χ0) is 19.8. The molecule has 0 saturated carbocycles. The molecule has 0 amide bonds. The van der Waals surface area contributed by atoms with Gasteiger partial charge in [0.15, 0.2) is 5.96 Å². The second-order valence-corrected chi connectivity index (χ2v) is 6.85. The molecule has 5 nitrogen and oxygen atoms in total. The summed E-state index contributed by atoms with van der Waals surface area (Å²) in [5, 5.41) is 15.7. The summed E-state index contributed by atoms with van der Waals surface area (Å²) < 4.78 is 14.0. The molecule has 1 saturated heterocycles. The number of halogens is 1. The fourth-order valence-electron chi connectivity index (χ4n) is 3.36. The molecule has 1 fully saturated rings. The van der Waals surface area contributed by atoms with E-state index in [9.17, 15) is 4.39 Å². The molecular weight excluding hydrogens is 353 g/mol. The van der Waals surface area contributed by atoms with Crippen LogP contribution in [-0.4, -0.2) is 31.6 Å². The molecule has 1 aliphatic heterocycles. The number of nitriles is 1. The fraction of sp³-hybridized carbons (Fsp3) is 0.364. The van der Waals surface area contributed by atoms with Gasteiger partial charge in [0.1, 0.15) is 5.82 Å². The standard InChI is InChI=1S/C22H26FN5/c1-2-25-22(26-16-18-14-17(15-24)8-9-21(18)23)27-19-10-12-28(13-11-19)20-6-4-3-5-7-20/h3-9,14,19H,2,10-13,16H2,1H3,(H2,25,26,27). The molecule has 0 aromatic heterocycles. The topological polar surface area (TPSA) is 63.5 Å². The van der Waals surface area contributed by atoms with Crippen molar-refractivity contribution in [3.63, 3.8) is 0 Å². The van der Waals surface area contributed by atoms with Gasteiger partial charge in [-0.1, -0.05) is 18.2 Å². The normalized spacial score (nSPS) is 15.2. The molecule has 0 spiro atoms. The van der Waals surface area contributed by atoms with E-state index in [2.05, 4.69) is 44.8 Å². The van der Waals surface area contributed by atoms with Crippen molar-refractivity contribution in [1.29, 1.82) is 5.26 Å². The summed E-state index contributed by atoms with van der Waals surface area (Å²) in [4.78, 5) is 6.92. The monoisotopic (exact) mass is 379 g/mol. The summed E-state index contributed by atoms with van der Waals surface area (Å²) in [7, 11) is 0. The van der Waals surface area contributed by atoms with Crippen molar-refractivity contribution in [3.05, 3.63) is 65.5 Å². The number of nitrogens with one attached hydrogen (secondary N) is 2. The lowest BCUT2D eigenvalue weighted by Crippen LogP contribution is -2.48. The second-order valence-electron chi connectivity index (χ2n) is 6.85. The Hall–Kier alpha value is -3.07. The lowest BCUT2D eigenvalue weighted by Gasteiger charge is -2.34. The maximum atomic E-state index is 14.0. The van der Waals surface area contributed by atoms with Crippen LogP contribution >= 0.6 is 0 Å². The number of anilines is 1. The maximum absolute atomic E-state index is 14.0. The third-order valence-corrected chi connectivity index (χ3v) is 4.88. The van der Waals surface area contributed by atoms with E-state index in [4.69, 9.17) is 5.26 Å². The van der Waals surface area contributed by atoms with Gasteiger partial charge < -0.3 is 15.5 Å². The summed E-state index contributed by atoms with van der Waals surface area (Å²) in [5.41, 5.74) is 2.13. The van der Waals surface area contributed by atoms with Crippen LogP contribution in [0.4, 0.5) is 10.1 Å². The highest BCUT2D eigenvalue weighted by atomic mass is 19.1. The van der Waals surface area contributed by atoms with E-state index < -0.39 is 0 Å². The third kappa shape index (κ3) is 5.23. The minimum Gasteiger partial charge on any atom is -0.371 e. The van der Waals surface area contributed by atoms with Crippen molar-refractivity contribution >= 4 is 11.6 Å². The van der Waals surface area contributed by atoms with Crippen molar-refractivity contribution in [2.24, 2.45) is 4.99 Å². The minimum atomic E-state index is -0.338. The smallest absolute Gasteiger partial charge is 0.191 e. The number of rotatable bonds is 5. The number of benzene rings is 2. The number of aliphatic imine (C=N–C) groups is 1. The van der Waals surface area contributed by atoms with E-state index in [-0.39, 0.29) is 12.4 Å². The zero-order valence-electron chi connectivity index (χ0n) is 16.2. The first-order valence-corrected chi connectivity index (χ1v) is 9.73. The number of hydrogen-bond acceptors (Lipinski definition) is 3. The van der Waals surface area contributed by atoms with Crippen LogP contribution in [0.5, 0.6) is 0 Å². The van der Waals surface area contributed by atoms with Crippen LogP contribution in [0.15, 0.2) is 53.5 Å². The van der Waals surface area contributed by atoms with Crippen LogP contribution in [0, 0.1) is 17.1 Å². The van der Waals surface area contributed by atoms with E-state index in [1.807, 2.05) is 19.1 Å². The van der Waals surface area contributed by atoms with Gasteiger partial charge in [0.2, 0.25) is 0 Å². The first-order chi connectivity index (χ1) is 13.7. The number of para-hydroxylation sites is 1. The summed E-state index contributed by atoms with van der Waals surface area (Å²) in [6.07, 6.45) is 2.02. The molecule has 0 aliphatic carbocycles. The Balaban J connectivity index is 1.59. The summed E-state index contributed by atoms with van der Waals surface area (Å²) in [6, 6.07) is 17.2. The summed E-state index contributed by atoms with van der Waals surface area (Å²) in [6.45, 7) is 4.90. The predicted octanol–water partition coefficient (Wildman–Crippen LogP) is 3.42. The van der Waals surface area contributed by atoms with Gasteiger partial charge in [-0.2, -0.15) is 5.26 Å². The Kier molecular flexibility index (Phi) is 6.85. The van der Waals surface area contributed by atoms with Crippen LogP contribution in [0.2, 0.25) is 0 Å². The van der Waals surface area contributed by atoms with Gasteiger partial charge in [-0.25, -0.2) is 9.38 Å². The van der Waals surface area contributed by atoms with E-state index in [0.717, 1.165) is 32.5 Å². The van der Waals surface area contributed by atoms with Crippen LogP contribution in [0.1, 0.15) is 30.9 Å². The Morgan fingerprint density at radius 2 is 1.96 bits per heavy atom. The lowest BCUT2D eigenvalue weighted by molar-refractivity contribution is 0.461. The van der Waals surface area contributed by atoms with Gasteiger partial charge in [-0.3, -0.25) is 0 Å². The quantitative estimate of drug-likeness (QED) is 0.617. The molecule has 146 valence electrons. The van der Waals surface area contributed by atoms with Crippen molar-refractivity contribution in [3.8, 4) is 6.07 Å². The maximum Gasteiger partial charge on any atom is 0.191 e. The van der Waals surface area contributed by atoms with Gasteiger partial charge in [0.25, 0.3) is 0 Å². The zero-order valence-corrected chi connectivity index (χ0v) is 16.2. The van der Waals surface area contributed by atoms with Crippen LogP contribution in [0.25, 0.3) is 0 Å². The lowest BCUT2D eigenvalue weighted by atomic mass is 10.0. The molecule has 1 heterocycles. The van der Waals surface area contributed by atoms with E-state index >= 15 is 0 Å². The SMILES string of the molecule is CCNC(=NCc1cc(C#N)ccc1F)NC1CCN(c2ccccc2)CC1. The van der Waals surface area contributed by atoms with Gasteiger partial charge >= 0.3 is 0 Å². The van der Waals surface area contributed by atoms with Gasteiger partial charge in [-0.05, 0) is 50.1 Å². The molecule has 0 atom stereocenters. The Morgan fingerprint density at radius 1 is 1.21 bits per heavy atom. The van der Waals surface area contributed by atoms with Crippen LogP contribution in [0.3, 0.4) is 0 Å². The average Bonchev–Trinajstić information content (AvgIpc) is 2.74. The number of piperidine rings is 1. The van der Waals surface area contributed by atoms with Crippen molar-refractivity contribution in [1.82, 2.24) is 10.6 Å². The van der Waals surface area contributed by atoms with Crippen molar-refractivity contribution in [2.75, 3.05) is 24.5 Å². The van der Waals surface area contributed by atoms with Gasteiger partial charge in [-0.15, -0.1) is 0 Å². The molecule has 3 rings (SSSR count). The van der Waals surface area contributed by atoms with Crippen LogP contribution in [-0.2, 0) is 6.54 Å². The molecule has 0 unspecified atom stereocenters. The van der Waals surface area contributed by atoms with Crippen molar-refractivity contribution < 1.29 is 4.39 Å². The van der Waals surface area contributed by atoms with E-state index in [1.165, 1.54) is 17.8 Å². The third-order valence-electron chi connectivity index (χ3n) is 4.88. The molecular formula is C22H26FN5. The van der Waals surface area contributed by atoms with E-state index in [1.54, 1.807) is 6.07 Å². The first-order valence-electron chi connectivity index (χ1n) is 9.73. The Labute approximate surface area is 165 Å². The summed E-state index contributed by atoms with van der Waals surface area (Å²) in [5.74, 6) is 0.345. The number of hydrogen-bond donors (Lipinski definition) is 2. The first kappa shape index (κ1) is 19.7. The molecule has 2 N–H and O–H groups in total. The van der Waals surface area contributed by atoms with Crippen molar-refractivity contribution in [2.45, 2.75) is 32.4 Å². The molecule has 28 heavy (non-hydrogen) atoms. The van der Waals surface area contributed by atoms with Crippen LogP contribution < -0.4 is 15.5 Å². The molecule has 6 heteroatoms. The largest absolute Gasteiger partial charge is 0.371 e. The fourth-order valence-corrected chi connectivity index (χ4v) is 3.36. The Bertz CT molecular complexity index is 836. The number of nitrogens with zero attached hydrogens (tertiary/aromatic N) is 3. The second kappa shape index (κ2) is 9.75. The Morgan fingerprint density at radius 3 is 2.64 bits per heavy atom. The molecule has 1 aliphatic rings. The number of guanidine groups is 1. The molecule has 2 aromatic rings. The highest BCUT2D eigenvalue weighted by Gasteiger charge is 2.20. The molecule has 0 bridgehead atoms. The predicted molar refractivity (Wildman–Crippen MR) is 111 cm³/mol.